The topological polar surface area (TPSA) is 81.2 Å². The summed E-state index contributed by atoms with van der Waals surface area (Å²) in [5.74, 6) is 0.685. The van der Waals surface area contributed by atoms with Crippen LogP contribution in [0.3, 0.4) is 0 Å². The van der Waals surface area contributed by atoms with Crippen LogP contribution in [0.2, 0.25) is 0 Å². The second-order valence-electron chi connectivity index (χ2n) is 7.64. The molecule has 3 heterocycles. The molecule has 3 aromatic heterocycles. The Morgan fingerprint density at radius 1 is 1.31 bits per heavy atom. The summed E-state index contributed by atoms with van der Waals surface area (Å²) in [6, 6.07) is 7.30. The number of hydrogen-bond donors (Lipinski definition) is 0. The van der Waals surface area contributed by atoms with Crippen molar-refractivity contribution in [1.29, 1.82) is 0 Å². The van der Waals surface area contributed by atoms with Crippen molar-refractivity contribution < 1.29 is 9.32 Å². The molecule has 1 amide bonds. The van der Waals surface area contributed by atoms with Crippen LogP contribution < -0.4 is 5.56 Å². The summed E-state index contributed by atoms with van der Waals surface area (Å²) in [6.45, 7) is 6.81. The Labute approximate surface area is 170 Å². The standard InChI is InChI=1S/C22H26N4O3/c1-15(2)7-10-26-11-8-16(3)20(22(26)28)21(27)25(4)14-18-12-19(24-29-18)17-6-5-9-23-13-17/h5-6,8-9,11-13,15H,7,10,14H2,1-4H3. The number of rotatable bonds is 7. The Morgan fingerprint density at radius 2 is 2.10 bits per heavy atom. The van der Waals surface area contributed by atoms with Crippen LogP contribution in [0.4, 0.5) is 0 Å². The molecule has 0 saturated carbocycles. The van der Waals surface area contributed by atoms with Crippen LogP contribution in [0.1, 0.15) is 41.9 Å². The zero-order valence-corrected chi connectivity index (χ0v) is 17.3. The Hall–Kier alpha value is -3.22. The second-order valence-corrected chi connectivity index (χ2v) is 7.64. The van der Waals surface area contributed by atoms with E-state index in [0.29, 0.717) is 29.5 Å². The molecule has 7 nitrogen and oxygen atoms in total. The molecular formula is C22H26N4O3. The van der Waals surface area contributed by atoms with E-state index < -0.39 is 0 Å². The van der Waals surface area contributed by atoms with E-state index in [1.54, 1.807) is 43.2 Å². The average Bonchev–Trinajstić information content (AvgIpc) is 3.16. The molecule has 0 aliphatic carbocycles. The predicted octanol–water partition coefficient (Wildman–Crippen LogP) is 3.53. The largest absolute Gasteiger partial charge is 0.359 e. The van der Waals surface area contributed by atoms with E-state index in [2.05, 4.69) is 24.0 Å². The van der Waals surface area contributed by atoms with Crippen molar-refractivity contribution in [2.75, 3.05) is 7.05 Å². The highest BCUT2D eigenvalue weighted by molar-refractivity contribution is 5.95. The Morgan fingerprint density at radius 3 is 2.79 bits per heavy atom. The average molecular weight is 394 g/mol. The maximum atomic E-state index is 13.0. The molecule has 0 fully saturated rings. The van der Waals surface area contributed by atoms with Crippen LogP contribution in [-0.4, -0.2) is 32.6 Å². The van der Waals surface area contributed by atoms with Gasteiger partial charge < -0.3 is 14.0 Å². The lowest BCUT2D eigenvalue weighted by Crippen LogP contribution is -2.35. The van der Waals surface area contributed by atoms with E-state index in [0.717, 1.165) is 12.0 Å². The Balaban J connectivity index is 1.78. The van der Waals surface area contributed by atoms with Gasteiger partial charge in [0.2, 0.25) is 0 Å². The highest BCUT2D eigenvalue weighted by Crippen LogP contribution is 2.19. The van der Waals surface area contributed by atoms with Gasteiger partial charge in [0.1, 0.15) is 11.3 Å². The molecule has 29 heavy (non-hydrogen) atoms. The van der Waals surface area contributed by atoms with Crippen LogP contribution >= 0.6 is 0 Å². The fraction of sp³-hybridized carbons (Fsp3) is 0.364. The van der Waals surface area contributed by atoms with Crippen molar-refractivity contribution in [2.45, 2.75) is 40.3 Å². The first-order chi connectivity index (χ1) is 13.9. The normalized spacial score (nSPS) is 11.1. The molecule has 0 saturated heterocycles. The number of hydrogen-bond acceptors (Lipinski definition) is 5. The number of amides is 1. The molecule has 0 aromatic carbocycles. The summed E-state index contributed by atoms with van der Waals surface area (Å²) in [5.41, 5.74) is 2.10. The molecule has 0 aliphatic heterocycles. The highest BCUT2D eigenvalue weighted by Gasteiger charge is 2.21. The van der Waals surface area contributed by atoms with Gasteiger partial charge in [-0.15, -0.1) is 0 Å². The number of pyridine rings is 2. The third kappa shape index (κ3) is 4.80. The monoisotopic (exact) mass is 394 g/mol. The van der Waals surface area contributed by atoms with Crippen molar-refractivity contribution in [1.82, 2.24) is 19.6 Å². The number of carbonyl (C=O) groups excluding carboxylic acids is 1. The first-order valence-electron chi connectivity index (χ1n) is 9.68. The van der Waals surface area contributed by atoms with Gasteiger partial charge in [-0.2, -0.15) is 0 Å². The Kier molecular flexibility index (Phi) is 6.26. The van der Waals surface area contributed by atoms with Gasteiger partial charge in [-0.25, -0.2) is 0 Å². The van der Waals surface area contributed by atoms with Crippen molar-refractivity contribution in [3.05, 3.63) is 70.1 Å². The van der Waals surface area contributed by atoms with Crippen LogP contribution in [-0.2, 0) is 13.1 Å². The lowest BCUT2D eigenvalue weighted by Gasteiger charge is -2.17. The molecule has 0 atom stereocenters. The van der Waals surface area contributed by atoms with Crippen LogP contribution in [0.25, 0.3) is 11.3 Å². The summed E-state index contributed by atoms with van der Waals surface area (Å²) in [7, 11) is 1.65. The van der Waals surface area contributed by atoms with Gasteiger partial charge in [-0.05, 0) is 43.0 Å². The van der Waals surface area contributed by atoms with E-state index in [4.69, 9.17) is 4.52 Å². The van der Waals surface area contributed by atoms with Gasteiger partial charge in [0, 0.05) is 43.8 Å². The van der Waals surface area contributed by atoms with E-state index >= 15 is 0 Å². The molecule has 0 radical (unpaired) electrons. The minimum atomic E-state index is -0.328. The van der Waals surface area contributed by atoms with Crippen molar-refractivity contribution in [2.24, 2.45) is 5.92 Å². The number of aromatic nitrogens is 3. The van der Waals surface area contributed by atoms with Crippen molar-refractivity contribution in [3.63, 3.8) is 0 Å². The van der Waals surface area contributed by atoms with Crippen molar-refractivity contribution in [3.8, 4) is 11.3 Å². The number of carbonyl (C=O) groups is 1. The molecule has 3 rings (SSSR count). The fourth-order valence-corrected chi connectivity index (χ4v) is 3.03. The highest BCUT2D eigenvalue weighted by atomic mass is 16.5. The van der Waals surface area contributed by atoms with Gasteiger partial charge >= 0.3 is 0 Å². The van der Waals surface area contributed by atoms with Gasteiger partial charge in [0.25, 0.3) is 11.5 Å². The minimum absolute atomic E-state index is 0.200. The first kappa shape index (κ1) is 20.5. The zero-order chi connectivity index (χ0) is 21.0. The predicted molar refractivity (Wildman–Crippen MR) is 110 cm³/mol. The molecule has 0 aliphatic rings. The zero-order valence-electron chi connectivity index (χ0n) is 17.3. The third-order valence-corrected chi connectivity index (χ3v) is 4.79. The molecular weight excluding hydrogens is 368 g/mol. The second kappa shape index (κ2) is 8.86. The lowest BCUT2D eigenvalue weighted by atomic mass is 10.1. The summed E-state index contributed by atoms with van der Waals surface area (Å²) >= 11 is 0. The summed E-state index contributed by atoms with van der Waals surface area (Å²) < 4.78 is 6.98. The van der Waals surface area contributed by atoms with Gasteiger partial charge in [0.05, 0.1) is 6.54 Å². The number of aryl methyl sites for hydroxylation is 2. The van der Waals surface area contributed by atoms with E-state index in [1.165, 1.54) is 4.90 Å². The van der Waals surface area contributed by atoms with Crippen LogP contribution in [0, 0.1) is 12.8 Å². The quantitative estimate of drug-likeness (QED) is 0.612. The van der Waals surface area contributed by atoms with Crippen LogP contribution in [0.5, 0.6) is 0 Å². The molecule has 0 spiro atoms. The van der Waals surface area contributed by atoms with Gasteiger partial charge in [-0.1, -0.05) is 19.0 Å². The van der Waals surface area contributed by atoms with Crippen molar-refractivity contribution >= 4 is 5.91 Å². The molecule has 0 unspecified atom stereocenters. The summed E-state index contributed by atoms with van der Waals surface area (Å²) in [6.07, 6.45) is 6.02. The van der Waals surface area contributed by atoms with E-state index in [1.807, 2.05) is 18.2 Å². The number of nitrogens with zero attached hydrogens (tertiary/aromatic N) is 4. The van der Waals surface area contributed by atoms with Gasteiger partial charge in [0.15, 0.2) is 5.76 Å². The first-order valence-corrected chi connectivity index (χ1v) is 9.68. The molecule has 3 aromatic rings. The SMILES string of the molecule is Cc1ccn(CCC(C)C)c(=O)c1C(=O)N(C)Cc1cc(-c2cccnc2)no1. The lowest BCUT2D eigenvalue weighted by molar-refractivity contribution is 0.0769. The molecule has 7 heteroatoms. The molecule has 0 bridgehead atoms. The van der Waals surface area contributed by atoms with E-state index in [-0.39, 0.29) is 23.6 Å². The minimum Gasteiger partial charge on any atom is -0.359 e. The smallest absolute Gasteiger partial charge is 0.263 e. The molecule has 0 N–H and O–H groups in total. The molecule has 152 valence electrons. The third-order valence-electron chi connectivity index (χ3n) is 4.79. The summed E-state index contributed by atoms with van der Waals surface area (Å²) in [5, 5.41) is 4.04. The fourth-order valence-electron chi connectivity index (χ4n) is 3.03. The van der Waals surface area contributed by atoms with E-state index in [9.17, 15) is 9.59 Å². The van der Waals surface area contributed by atoms with Gasteiger partial charge in [-0.3, -0.25) is 14.6 Å². The van der Waals surface area contributed by atoms with Crippen LogP contribution in [0.15, 0.2) is 52.2 Å². The Bertz CT molecular complexity index is 1040. The maximum absolute atomic E-state index is 13.0. The maximum Gasteiger partial charge on any atom is 0.263 e. The summed E-state index contributed by atoms with van der Waals surface area (Å²) in [4.78, 5) is 31.4.